The molecule has 2 aromatic carbocycles. The third kappa shape index (κ3) is 5.56. The molecule has 158 valence electrons. The van der Waals surface area contributed by atoms with Crippen molar-refractivity contribution in [2.75, 3.05) is 13.1 Å². The molecule has 0 aliphatic carbocycles. The molecule has 0 saturated heterocycles. The molecule has 1 amide bonds. The van der Waals surface area contributed by atoms with Crippen LogP contribution in [0.1, 0.15) is 25.0 Å². The Morgan fingerprint density at radius 3 is 2.47 bits per heavy atom. The second kappa shape index (κ2) is 10.5. The Hall–Kier alpha value is -2.48. The normalized spacial score (nSPS) is 11.1. The number of hydrogen-bond acceptors (Lipinski definition) is 4. The molecule has 0 saturated carbocycles. The second-order valence-electron chi connectivity index (χ2n) is 6.95. The number of aromatic nitrogens is 3. The maximum atomic E-state index is 12.7. The number of aromatic amines is 1. The number of carbonyl (C=O) groups is 1. The summed E-state index contributed by atoms with van der Waals surface area (Å²) in [7, 11) is 0. The van der Waals surface area contributed by atoms with Gasteiger partial charge in [-0.15, -0.1) is 0 Å². The molecule has 0 aliphatic rings. The smallest absolute Gasteiger partial charge is 0.240 e. The average Bonchev–Trinajstić information content (AvgIpc) is 3.11. The van der Waals surface area contributed by atoms with Crippen LogP contribution < -0.4 is 5.32 Å². The van der Waals surface area contributed by atoms with Gasteiger partial charge in [0.05, 0.1) is 0 Å². The minimum absolute atomic E-state index is 0.0888. The second-order valence-corrected chi connectivity index (χ2v) is 7.78. The third-order valence-corrected chi connectivity index (χ3v) is 5.61. The van der Waals surface area contributed by atoms with Crippen LogP contribution in [0.5, 0.6) is 0 Å². The SMILES string of the molecule is CCN(CC)Cc1ccccc1CNC(=O)Cn1c(-c2ccc(Cl)cc2)n[nH]c1=S. The van der Waals surface area contributed by atoms with Crippen LogP contribution in [0, 0.1) is 4.77 Å². The van der Waals surface area contributed by atoms with Crippen molar-refractivity contribution in [2.45, 2.75) is 33.5 Å². The Kier molecular flexibility index (Phi) is 7.79. The minimum Gasteiger partial charge on any atom is -0.350 e. The maximum Gasteiger partial charge on any atom is 0.240 e. The molecule has 0 aliphatic heterocycles. The largest absolute Gasteiger partial charge is 0.350 e. The van der Waals surface area contributed by atoms with Gasteiger partial charge in [-0.2, -0.15) is 5.10 Å². The summed E-state index contributed by atoms with van der Waals surface area (Å²) >= 11 is 11.3. The van der Waals surface area contributed by atoms with Crippen LogP contribution in [-0.2, 0) is 24.4 Å². The van der Waals surface area contributed by atoms with Gasteiger partial charge in [0.2, 0.25) is 5.91 Å². The van der Waals surface area contributed by atoms with E-state index in [4.69, 9.17) is 23.8 Å². The Balaban J connectivity index is 1.69. The first-order valence-electron chi connectivity index (χ1n) is 9.98. The molecule has 0 bridgehead atoms. The fourth-order valence-corrected chi connectivity index (χ4v) is 3.57. The van der Waals surface area contributed by atoms with Gasteiger partial charge >= 0.3 is 0 Å². The van der Waals surface area contributed by atoms with Crippen molar-refractivity contribution in [1.29, 1.82) is 0 Å². The van der Waals surface area contributed by atoms with Gasteiger partial charge in [0.25, 0.3) is 0 Å². The van der Waals surface area contributed by atoms with Crippen molar-refractivity contribution < 1.29 is 4.79 Å². The standard InChI is InChI=1S/C22H26ClN5OS/c1-3-27(4-2)14-18-8-6-5-7-17(18)13-24-20(29)15-28-21(25-26-22(28)30)16-9-11-19(23)12-10-16/h5-12H,3-4,13-15H2,1-2H3,(H,24,29)(H,26,30). The fraction of sp³-hybridized carbons (Fsp3) is 0.318. The zero-order valence-corrected chi connectivity index (χ0v) is 18.8. The first-order valence-corrected chi connectivity index (χ1v) is 10.8. The van der Waals surface area contributed by atoms with Crippen molar-refractivity contribution in [2.24, 2.45) is 0 Å². The number of rotatable bonds is 9. The summed E-state index contributed by atoms with van der Waals surface area (Å²) in [4.78, 5) is 15.0. The van der Waals surface area contributed by atoms with E-state index in [0.717, 1.165) is 30.8 Å². The number of amides is 1. The molecule has 3 aromatic rings. The summed E-state index contributed by atoms with van der Waals surface area (Å²) in [6.07, 6.45) is 0. The highest BCUT2D eigenvalue weighted by molar-refractivity contribution is 7.71. The molecule has 0 spiro atoms. The number of nitrogens with zero attached hydrogens (tertiary/aromatic N) is 3. The van der Waals surface area contributed by atoms with Gasteiger partial charge in [0.15, 0.2) is 10.6 Å². The molecule has 30 heavy (non-hydrogen) atoms. The number of H-pyrrole nitrogens is 1. The Bertz CT molecular complexity index is 1040. The van der Waals surface area contributed by atoms with Crippen LogP contribution in [0.15, 0.2) is 48.5 Å². The average molecular weight is 444 g/mol. The van der Waals surface area contributed by atoms with E-state index < -0.39 is 0 Å². The fourth-order valence-electron chi connectivity index (χ4n) is 3.25. The van der Waals surface area contributed by atoms with E-state index >= 15 is 0 Å². The highest BCUT2D eigenvalue weighted by Crippen LogP contribution is 2.20. The first kappa shape index (κ1) is 22.2. The molecular formula is C22H26ClN5OS. The number of benzene rings is 2. The molecule has 0 unspecified atom stereocenters. The lowest BCUT2D eigenvalue weighted by Gasteiger charge is -2.20. The van der Waals surface area contributed by atoms with E-state index in [2.05, 4.69) is 46.4 Å². The summed E-state index contributed by atoms with van der Waals surface area (Å²) in [5, 5.41) is 10.7. The lowest BCUT2D eigenvalue weighted by atomic mass is 10.1. The Morgan fingerprint density at radius 2 is 1.80 bits per heavy atom. The Morgan fingerprint density at radius 1 is 1.13 bits per heavy atom. The van der Waals surface area contributed by atoms with Gasteiger partial charge in [0, 0.05) is 23.7 Å². The van der Waals surface area contributed by atoms with E-state index in [-0.39, 0.29) is 12.5 Å². The highest BCUT2D eigenvalue weighted by Gasteiger charge is 2.13. The number of hydrogen-bond donors (Lipinski definition) is 2. The predicted molar refractivity (Wildman–Crippen MR) is 123 cm³/mol. The molecule has 2 N–H and O–H groups in total. The summed E-state index contributed by atoms with van der Waals surface area (Å²) in [5.74, 6) is 0.481. The monoisotopic (exact) mass is 443 g/mol. The summed E-state index contributed by atoms with van der Waals surface area (Å²) in [6.45, 7) is 7.71. The van der Waals surface area contributed by atoms with E-state index in [9.17, 15) is 4.79 Å². The Labute approximate surface area is 186 Å². The van der Waals surface area contributed by atoms with Crippen molar-refractivity contribution in [3.8, 4) is 11.4 Å². The molecule has 0 fully saturated rings. The van der Waals surface area contributed by atoms with Crippen molar-refractivity contribution in [1.82, 2.24) is 25.0 Å². The van der Waals surface area contributed by atoms with Crippen LogP contribution in [0.3, 0.4) is 0 Å². The minimum atomic E-state index is -0.125. The van der Waals surface area contributed by atoms with Crippen LogP contribution in [-0.4, -0.2) is 38.7 Å². The lowest BCUT2D eigenvalue weighted by molar-refractivity contribution is -0.121. The summed E-state index contributed by atoms with van der Waals surface area (Å²) < 4.78 is 2.09. The van der Waals surface area contributed by atoms with Gasteiger partial charge in [-0.05, 0) is 60.7 Å². The first-order chi connectivity index (χ1) is 14.5. The number of nitrogens with one attached hydrogen (secondary N) is 2. The van der Waals surface area contributed by atoms with Gasteiger partial charge in [-0.3, -0.25) is 19.4 Å². The third-order valence-electron chi connectivity index (χ3n) is 5.05. The number of carbonyl (C=O) groups excluding carboxylic acids is 1. The van der Waals surface area contributed by atoms with E-state index in [1.54, 1.807) is 16.7 Å². The van der Waals surface area contributed by atoms with E-state index in [1.807, 2.05) is 24.3 Å². The maximum absolute atomic E-state index is 12.7. The van der Waals surface area contributed by atoms with Gasteiger partial charge in [-0.25, -0.2) is 0 Å². The van der Waals surface area contributed by atoms with Crippen molar-refractivity contribution in [3.05, 3.63) is 69.5 Å². The molecule has 3 rings (SSSR count). The van der Waals surface area contributed by atoms with Gasteiger partial charge in [-0.1, -0.05) is 49.7 Å². The van der Waals surface area contributed by atoms with Crippen LogP contribution >= 0.6 is 23.8 Å². The lowest BCUT2D eigenvalue weighted by Crippen LogP contribution is -2.29. The molecule has 6 nitrogen and oxygen atoms in total. The van der Waals surface area contributed by atoms with Crippen LogP contribution in [0.4, 0.5) is 0 Å². The predicted octanol–water partition coefficient (Wildman–Crippen LogP) is 4.42. The summed E-state index contributed by atoms with van der Waals surface area (Å²) in [5.41, 5.74) is 3.18. The molecule has 0 atom stereocenters. The zero-order valence-electron chi connectivity index (χ0n) is 17.2. The highest BCUT2D eigenvalue weighted by atomic mass is 35.5. The molecule has 1 aromatic heterocycles. The summed E-state index contributed by atoms with van der Waals surface area (Å²) in [6, 6.07) is 15.5. The van der Waals surface area contributed by atoms with Gasteiger partial charge < -0.3 is 5.32 Å². The molecule has 8 heteroatoms. The van der Waals surface area contributed by atoms with Crippen LogP contribution in [0.2, 0.25) is 5.02 Å². The van der Waals surface area contributed by atoms with E-state index in [0.29, 0.717) is 22.2 Å². The molecular weight excluding hydrogens is 418 g/mol. The zero-order chi connectivity index (χ0) is 21.5. The van der Waals surface area contributed by atoms with Crippen LogP contribution in [0.25, 0.3) is 11.4 Å². The molecule has 0 radical (unpaired) electrons. The quantitative estimate of drug-likeness (QED) is 0.480. The molecule has 1 heterocycles. The topological polar surface area (TPSA) is 66.0 Å². The van der Waals surface area contributed by atoms with Crippen molar-refractivity contribution in [3.63, 3.8) is 0 Å². The number of halogens is 1. The van der Waals surface area contributed by atoms with Crippen molar-refractivity contribution >= 4 is 29.7 Å². The van der Waals surface area contributed by atoms with Gasteiger partial charge in [0.1, 0.15) is 6.54 Å². The van der Waals surface area contributed by atoms with E-state index in [1.165, 1.54) is 5.56 Å².